The predicted octanol–water partition coefficient (Wildman–Crippen LogP) is 6.14. The van der Waals surface area contributed by atoms with Crippen LogP contribution in [0.15, 0.2) is 42.5 Å². The summed E-state index contributed by atoms with van der Waals surface area (Å²) < 4.78 is 82.4. The van der Waals surface area contributed by atoms with E-state index in [-0.39, 0.29) is 17.5 Å². The third kappa shape index (κ3) is 6.51. The molecule has 0 aromatic heterocycles. The second-order valence-corrected chi connectivity index (χ2v) is 7.71. The van der Waals surface area contributed by atoms with Crippen LogP contribution in [0.25, 0.3) is 0 Å². The van der Waals surface area contributed by atoms with Crippen molar-refractivity contribution in [1.29, 1.82) is 0 Å². The number of rotatable bonds is 5. The first-order chi connectivity index (χ1) is 15.8. The minimum absolute atomic E-state index is 0.0287. The Bertz CT molecular complexity index is 1050. The molecule has 0 bridgehead atoms. The van der Waals surface area contributed by atoms with Gasteiger partial charge in [-0.15, -0.1) is 0 Å². The number of nitro benzene ring substituents is 1. The molecule has 2 amide bonds. The van der Waals surface area contributed by atoms with E-state index >= 15 is 0 Å². The fraction of sp³-hybridized carbons (Fsp3) is 0.381. The maximum atomic E-state index is 12.8. The van der Waals surface area contributed by atoms with Crippen molar-refractivity contribution >= 4 is 17.4 Å². The van der Waals surface area contributed by atoms with Crippen molar-refractivity contribution in [3.05, 3.63) is 63.7 Å². The number of benzene rings is 2. The zero-order valence-corrected chi connectivity index (χ0v) is 17.4. The van der Waals surface area contributed by atoms with E-state index in [0.29, 0.717) is 37.8 Å². The van der Waals surface area contributed by atoms with Crippen LogP contribution in [-0.4, -0.2) is 23.1 Å². The number of ether oxygens (including phenoxy) is 1. The minimum Gasteiger partial charge on any atom is -0.484 e. The number of urea groups is 1. The zero-order chi connectivity index (χ0) is 25.1. The molecule has 184 valence electrons. The number of halogens is 6. The molecule has 0 saturated heterocycles. The Morgan fingerprint density at radius 3 is 2.15 bits per heavy atom. The Kier molecular flexibility index (Phi) is 7.22. The van der Waals surface area contributed by atoms with Gasteiger partial charge in [0.15, 0.2) is 5.75 Å². The number of hydrogen-bond acceptors (Lipinski definition) is 4. The Morgan fingerprint density at radius 1 is 0.941 bits per heavy atom. The SMILES string of the molecule is O=C(Nc1cccc(C(F)(F)F)c1)N[C@H]1CC[C@H](Oc2ccc(C(F)(F)F)cc2[N+](=O)[O-])CC1. The number of anilines is 1. The van der Waals surface area contributed by atoms with Gasteiger partial charge in [-0.2, -0.15) is 26.3 Å². The maximum Gasteiger partial charge on any atom is 0.416 e. The lowest BCUT2D eigenvalue weighted by atomic mass is 9.93. The molecule has 1 aliphatic rings. The highest BCUT2D eigenvalue weighted by molar-refractivity contribution is 5.89. The lowest BCUT2D eigenvalue weighted by Crippen LogP contribution is -2.41. The molecule has 1 saturated carbocycles. The Labute approximate surface area is 189 Å². The van der Waals surface area contributed by atoms with E-state index in [0.717, 1.165) is 18.2 Å². The van der Waals surface area contributed by atoms with E-state index in [1.54, 1.807) is 0 Å². The van der Waals surface area contributed by atoms with Crippen LogP contribution in [0, 0.1) is 10.1 Å². The first kappa shape index (κ1) is 25.1. The van der Waals surface area contributed by atoms with Crippen molar-refractivity contribution in [3.63, 3.8) is 0 Å². The smallest absolute Gasteiger partial charge is 0.416 e. The fourth-order valence-corrected chi connectivity index (χ4v) is 3.57. The summed E-state index contributed by atoms with van der Waals surface area (Å²) in [6.45, 7) is 0. The number of amides is 2. The summed E-state index contributed by atoms with van der Waals surface area (Å²) in [4.78, 5) is 22.4. The Morgan fingerprint density at radius 2 is 1.56 bits per heavy atom. The van der Waals surface area contributed by atoms with Crippen LogP contribution in [-0.2, 0) is 12.4 Å². The highest BCUT2D eigenvalue weighted by Gasteiger charge is 2.34. The van der Waals surface area contributed by atoms with Crippen LogP contribution < -0.4 is 15.4 Å². The molecule has 2 aromatic rings. The van der Waals surface area contributed by atoms with Crippen LogP contribution >= 0.6 is 0 Å². The lowest BCUT2D eigenvalue weighted by Gasteiger charge is -2.29. The number of nitrogens with one attached hydrogen (secondary N) is 2. The highest BCUT2D eigenvalue weighted by atomic mass is 19.4. The average molecular weight is 491 g/mol. The molecule has 0 radical (unpaired) electrons. The third-order valence-corrected chi connectivity index (χ3v) is 5.23. The van der Waals surface area contributed by atoms with Crippen molar-refractivity contribution in [2.45, 2.75) is 50.2 Å². The van der Waals surface area contributed by atoms with Crippen LogP contribution in [0.2, 0.25) is 0 Å². The van der Waals surface area contributed by atoms with Gasteiger partial charge in [0.1, 0.15) is 0 Å². The second kappa shape index (κ2) is 9.77. The van der Waals surface area contributed by atoms with Gasteiger partial charge >= 0.3 is 24.1 Å². The summed E-state index contributed by atoms with van der Waals surface area (Å²) in [6, 6.07) is 5.18. The molecule has 1 fully saturated rings. The van der Waals surface area contributed by atoms with E-state index in [4.69, 9.17) is 4.74 Å². The van der Waals surface area contributed by atoms with Crippen LogP contribution in [0.3, 0.4) is 0 Å². The molecule has 3 rings (SSSR count). The number of carbonyl (C=O) groups is 1. The topological polar surface area (TPSA) is 93.5 Å². The average Bonchev–Trinajstić information content (AvgIpc) is 2.74. The van der Waals surface area contributed by atoms with Crippen molar-refractivity contribution in [3.8, 4) is 5.75 Å². The van der Waals surface area contributed by atoms with E-state index in [1.165, 1.54) is 12.1 Å². The molecule has 1 aliphatic carbocycles. The van der Waals surface area contributed by atoms with Gasteiger partial charge in [0.05, 0.1) is 22.2 Å². The zero-order valence-electron chi connectivity index (χ0n) is 17.4. The summed E-state index contributed by atoms with van der Waals surface area (Å²) in [6.07, 6.45) is -8.29. The Hall–Kier alpha value is -3.51. The molecule has 13 heteroatoms. The number of alkyl halides is 6. The fourth-order valence-electron chi connectivity index (χ4n) is 3.57. The summed E-state index contributed by atoms with van der Waals surface area (Å²) in [7, 11) is 0. The standard InChI is InChI=1S/C21H19F6N3O4/c22-20(23,24)12-2-1-3-15(10-12)29-19(31)28-14-5-7-16(8-6-14)34-18-9-4-13(21(25,26)27)11-17(18)30(32)33/h1-4,9-11,14,16H,5-8H2,(H2,28,29,31)/t14-,16-. The number of hydrogen-bond donors (Lipinski definition) is 2. The quantitative estimate of drug-likeness (QED) is 0.298. The van der Waals surface area contributed by atoms with Crippen molar-refractivity contribution in [2.24, 2.45) is 0 Å². The van der Waals surface area contributed by atoms with Crippen LogP contribution in [0.5, 0.6) is 5.75 Å². The normalized spacial score (nSPS) is 18.8. The van der Waals surface area contributed by atoms with Crippen molar-refractivity contribution < 1.29 is 40.8 Å². The van der Waals surface area contributed by atoms with Gasteiger partial charge in [0.25, 0.3) is 0 Å². The molecular weight excluding hydrogens is 472 g/mol. The molecular formula is C21H19F6N3O4. The van der Waals surface area contributed by atoms with Gasteiger partial charge < -0.3 is 15.4 Å². The summed E-state index contributed by atoms with van der Waals surface area (Å²) in [5.41, 5.74) is -2.89. The minimum atomic E-state index is -4.73. The molecule has 2 N–H and O–H groups in total. The van der Waals surface area contributed by atoms with Crippen molar-refractivity contribution in [2.75, 3.05) is 5.32 Å². The molecule has 2 aromatic carbocycles. The monoisotopic (exact) mass is 491 g/mol. The number of nitro groups is 1. The van der Waals surface area contributed by atoms with Gasteiger partial charge in [-0.05, 0) is 56.0 Å². The number of nitrogens with zero attached hydrogens (tertiary/aromatic N) is 1. The molecule has 0 unspecified atom stereocenters. The highest BCUT2D eigenvalue weighted by Crippen LogP contribution is 2.37. The van der Waals surface area contributed by atoms with E-state index in [1.807, 2.05) is 0 Å². The summed E-state index contributed by atoms with van der Waals surface area (Å²) in [5, 5.41) is 16.2. The predicted molar refractivity (Wildman–Crippen MR) is 108 cm³/mol. The van der Waals surface area contributed by atoms with Gasteiger partial charge in [0, 0.05) is 17.8 Å². The Balaban J connectivity index is 1.54. The first-order valence-electron chi connectivity index (χ1n) is 10.1. The van der Waals surface area contributed by atoms with E-state index < -0.39 is 46.2 Å². The summed E-state index contributed by atoms with van der Waals surface area (Å²) >= 11 is 0. The van der Waals surface area contributed by atoms with Crippen molar-refractivity contribution in [1.82, 2.24) is 5.32 Å². The van der Waals surface area contributed by atoms with Gasteiger partial charge in [0.2, 0.25) is 0 Å². The third-order valence-electron chi connectivity index (χ3n) is 5.23. The van der Waals surface area contributed by atoms with Gasteiger partial charge in [-0.25, -0.2) is 4.79 Å². The van der Waals surface area contributed by atoms with Crippen LogP contribution in [0.4, 0.5) is 42.5 Å². The molecule has 0 heterocycles. The molecule has 34 heavy (non-hydrogen) atoms. The van der Waals surface area contributed by atoms with Crippen LogP contribution in [0.1, 0.15) is 36.8 Å². The van der Waals surface area contributed by atoms with Gasteiger partial charge in [-0.3, -0.25) is 10.1 Å². The molecule has 0 aliphatic heterocycles. The molecule has 0 atom stereocenters. The maximum absolute atomic E-state index is 12.8. The van der Waals surface area contributed by atoms with E-state index in [9.17, 15) is 41.3 Å². The van der Waals surface area contributed by atoms with E-state index in [2.05, 4.69) is 10.6 Å². The molecule has 0 spiro atoms. The van der Waals surface area contributed by atoms with Gasteiger partial charge in [-0.1, -0.05) is 6.07 Å². The first-order valence-corrected chi connectivity index (χ1v) is 10.1. The summed E-state index contributed by atoms with van der Waals surface area (Å²) in [5.74, 6) is -0.281. The second-order valence-electron chi connectivity index (χ2n) is 7.71. The number of carbonyl (C=O) groups excluding carboxylic acids is 1. The lowest BCUT2D eigenvalue weighted by molar-refractivity contribution is -0.386. The molecule has 7 nitrogen and oxygen atoms in total. The largest absolute Gasteiger partial charge is 0.484 e.